The van der Waals surface area contributed by atoms with Crippen LogP contribution in [0.25, 0.3) is 0 Å². The van der Waals surface area contributed by atoms with Gasteiger partial charge in [0.05, 0.1) is 9.64 Å². The van der Waals surface area contributed by atoms with Gasteiger partial charge in [0, 0.05) is 0 Å². The first-order valence-electron chi connectivity index (χ1n) is 6.90. The zero-order valence-corrected chi connectivity index (χ0v) is 12.3. The quantitative estimate of drug-likeness (QED) is 0.770. The van der Waals surface area contributed by atoms with E-state index in [0.717, 1.165) is 19.3 Å². The third kappa shape index (κ3) is 1.78. The Morgan fingerprint density at radius 3 is 2.42 bits per heavy atom. The third-order valence-corrected chi connectivity index (χ3v) is 7.21. The average molecular weight is 276 g/mol. The van der Waals surface area contributed by atoms with Crippen LogP contribution in [-0.2, 0) is 9.84 Å². The van der Waals surface area contributed by atoms with Gasteiger partial charge in [-0.2, -0.15) is 0 Å². The lowest BCUT2D eigenvalue weighted by Gasteiger charge is -2.05. The van der Waals surface area contributed by atoms with Crippen molar-refractivity contribution in [1.29, 1.82) is 0 Å². The van der Waals surface area contributed by atoms with Crippen molar-refractivity contribution in [3.05, 3.63) is 42.5 Å². The molecule has 19 heavy (non-hydrogen) atoms. The number of hydrogen-bond acceptors (Lipinski definition) is 2. The predicted molar refractivity (Wildman–Crippen MR) is 76.6 cm³/mol. The zero-order chi connectivity index (χ0) is 13.7. The van der Waals surface area contributed by atoms with E-state index in [0.29, 0.717) is 10.8 Å². The van der Waals surface area contributed by atoms with Gasteiger partial charge in [0.25, 0.3) is 0 Å². The number of fused-ring (bicyclic) bond motifs is 1. The summed E-state index contributed by atoms with van der Waals surface area (Å²) in [5, 5.41) is 0. The lowest BCUT2D eigenvalue weighted by atomic mass is 10.1. The number of benzene rings is 1. The van der Waals surface area contributed by atoms with Crippen LogP contribution in [0.2, 0.25) is 0 Å². The van der Waals surface area contributed by atoms with E-state index in [1.165, 1.54) is 0 Å². The topological polar surface area (TPSA) is 34.1 Å². The van der Waals surface area contributed by atoms with Crippen LogP contribution in [0, 0.1) is 11.3 Å². The molecule has 2 aliphatic rings. The first-order valence-corrected chi connectivity index (χ1v) is 8.38. The minimum Gasteiger partial charge on any atom is -0.223 e. The summed E-state index contributed by atoms with van der Waals surface area (Å²) in [7, 11) is -3.13. The van der Waals surface area contributed by atoms with Crippen LogP contribution in [0.1, 0.15) is 33.1 Å². The van der Waals surface area contributed by atoms with Gasteiger partial charge in [0.2, 0.25) is 0 Å². The highest BCUT2D eigenvalue weighted by atomic mass is 32.2. The highest BCUT2D eigenvalue weighted by Gasteiger charge is 2.88. The van der Waals surface area contributed by atoms with Crippen LogP contribution in [0.5, 0.6) is 0 Å². The van der Waals surface area contributed by atoms with E-state index in [1.807, 2.05) is 6.07 Å². The Balaban J connectivity index is 1.77. The maximum Gasteiger partial charge on any atom is 0.184 e. The smallest absolute Gasteiger partial charge is 0.184 e. The lowest BCUT2D eigenvalue weighted by molar-refractivity contribution is 0.587. The molecule has 0 N–H and O–H groups in total. The van der Waals surface area contributed by atoms with Crippen molar-refractivity contribution in [3.8, 4) is 0 Å². The van der Waals surface area contributed by atoms with Gasteiger partial charge in [-0.1, -0.05) is 44.2 Å². The lowest BCUT2D eigenvalue weighted by Crippen LogP contribution is -2.14. The summed E-state index contributed by atoms with van der Waals surface area (Å²) >= 11 is 0. The maximum absolute atomic E-state index is 12.6. The van der Waals surface area contributed by atoms with Crippen molar-refractivity contribution < 1.29 is 8.42 Å². The van der Waals surface area contributed by atoms with E-state index in [2.05, 4.69) is 26.0 Å². The summed E-state index contributed by atoms with van der Waals surface area (Å²) in [5.41, 5.74) is 0.0626. The second-order valence-corrected chi connectivity index (χ2v) is 8.58. The molecule has 0 aromatic heterocycles. The van der Waals surface area contributed by atoms with E-state index < -0.39 is 14.6 Å². The Bertz CT molecular complexity index is 605. The molecular formula is C16H20O2S. The summed E-state index contributed by atoms with van der Waals surface area (Å²) < 4.78 is 24.8. The molecule has 2 fully saturated rings. The highest BCUT2D eigenvalue weighted by molar-refractivity contribution is 7.93. The van der Waals surface area contributed by atoms with Crippen LogP contribution in [-0.4, -0.2) is 13.2 Å². The van der Waals surface area contributed by atoms with Crippen LogP contribution in [0.4, 0.5) is 0 Å². The second-order valence-electron chi connectivity index (χ2n) is 6.32. The molecule has 0 amide bonds. The average Bonchev–Trinajstić information content (AvgIpc) is 3.17. The van der Waals surface area contributed by atoms with Crippen molar-refractivity contribution in [2.24, 2.45) is 11.3 Å². The van der Waals surface area contributed by atoms with Crippen LogP contribution in [0.3, 0.4) is 0 Å². The van der Waals surface area contributed by atoms with Crippen LogP contribution in [0.15, 0.2) is 47.4 Å². The van der Waals surface area contributed by atoms with E-state index in [4.69, 9.17) is 0 Å². The molecule has 1 aromatic rings. The number of sulfone groups is 1. The van der Waals surface area contributed by atoms with E-state index >= 15 is 0 Å². The van der Waals surface area contributed by atoms with Gasteiger partial charge in [0.15, 0.2) is 9.84 Å². The Kier molecular flexibility index (Phi) is 2.69. The summed E-state index contributed by atoms with van der Waals surface area (Å²) in [4.78, 5) is 0.488. The van der Waals surface area contributed by atoms with Crippen molar-refractivity contribution in [2.45, 2.75) is 42.8 Å². The standard InChI is InChI=1S/C16H20O2S/c1-13(2)7-6-10-15-11-16(15,12-15)19(17,18)14-8-4-3-5-9-14/h3-9,13H,10-12H2,1-2H3. The highest BCUT2D eigenvalue weighted by Crippen LogP contribution is 2.85. The van der Waals surface area contributed by atoms with Gasteiger partial charge in [0.1, 0.15) is 0 Å². The molecule has 0 saturated heterocycles. The monoisotopic (exact) mass is 276 g/mol. The SMILES string of the molecule is CC(C)C=CCC12CC1(S(=O)(=O)c1ccccc1)C2. The van der Waals surface area contributed by atoms with E-state index in [9.17, 15) is 8.42 Å². The molecule has 0 bridgehead atoms. The normalized spacial score (nSPS) is 32.6. The van der Waals surface area contributed by atoms with Gasteiger partial charge in [-0.3, -0.25) is 0 Å². The molecular weight excluding hydrogens is 256 g/mol. The molecule has 0 unspecified atom stereocenters. The molecule has 2 aliphatic carbocycles. The van der Waals surface area contributed by atoms with Gasteiger partial charge in [-0.05, 0) is 42.7 Å². The van der Waals surface area contributed by atoms with Gasteiger partial charge >= 0.3 is 0 Å². The molecule has 3 heteroatoms. The zero-order valence-electron chi connectivity index (χ0n) is 11.5. The predicted octanol–water partition coefficient (Wildman–Crippen LogP) is 3.60. The van der Waals surface area contributed by atoms with Crippen molar-refractivity contribution >= 4 is 9.84 Å². The first kappa shape index (κ1) is 12.9. The van der Waals surface area contributed by atoms with Crippen molar-refractivity contribution in [2.75, 3.05) is 0 Å². The van der Waals surface area contributed by atoms with Crippen molar-refractivity contribution in [3.63, 3.8) is 0 Å². The van der Waals surface area contributed by atoms with Gasteiger partial charge < -0.3 is 0 Å². The molecule has 2 nitrogen and oxygen atoms in total. The van der Waals surface area contributed by atoms with E-state index in [-0.39, 0.29) is 5.41 Å². The molecule has 3 rings (SSSR count). The Morgan fingerprint density at radius 1 is 1.21 bits per heavy atom. The van der Waals surface area contributed by atoms with Crippen molar-refractivity contribution in [1.82, 2.24) is 0 Å². The summed E-state index contributed by atoms with van der Waals surface area (Å²) in [5.74, 6) is 0.536. The number of allylic oxidation sites excluding steroid dienone is 2. The fourth-order valence-corrected chi connectivity index (χ4v) is 5.70. The molecule has 102 valence electrons. The molecule has 2 saturated carbocycles. The maximum atomic E-state index is 12.6. The summed E-state index contributed by atoms with van der Waals surface area (Å²) in [6.07, 6.45) is 6.95. The van der Waals surface area contributed by atoms with Crippen LogP contribution < -0.4 is 0 Å². The molecule has 0 aliphatic heterocycles. The number of hydrogen-bond donors (Lipinski definition) is 0. The molecule has 1 aromatic carbocycles. The Morgan fingerprint density at radius 2 is 1.84 bits per heavy atom. The van der Waals surface area contributed by atoms with E-state index in [1.54, 1.807) is 24.3 Å². The fourth-order valence-electron chi connectivity index (χ4n) is 3.15. The van der Waals surface area contributed by atoms with Crippen LogP contribution >= 0.6 is 0 Å². The third-order valence-electron chi connectivity index (χ3n) is 4.56. The first-order chi connectivity index (χ1) is 8.94. The summed E-state index contributed by atoms with van der Waals surface area (Å²) in [6, 6.07) is 8.89. The minimum atomic E-state index is -3.13. The fraction of sp³-hybridized carbons (Fsp3) is 0.500. The number of rotatable bonds is 5. The van der Waals surface area contributed by atoms with Gasteiger partial charge in [-0.15, -0.1) is 0 Å². The minimum absolute atomic E-state index is 0.0626. The van der Waals surface area contributed by atoms with Gasteiger partial charge in [-0.25, -0.2) is 8.42 Å². The Hall–Kier alpha value is -1.09. The molecule has 0 radical (unpaired) electrons. The molecule has 0 atom stereocenters. The second kappa shape index (κ2) is 3.95. The molecule has 0 heterocycles. The Labute approximate surface area is 115 Å². The summed E-state index contributed by atoms with van der Waals surface area (Å²) in [6.45, 7) is 4.28. The molecule has 0 spiro atoms. The largest absolute Gasteiger partial charge is 0.223 e.